The van der Waals surface area contributed by atoms with Gasteiger partial charge in [0.2, 0.25) is 0 Å². The number of halogens is 1. The molecule has 0 unspecified atom stereocenters. The standard InChI is InChI=1S/C10H11ClN2O4/c1-2-17-9(14)5-6-8(13(15)16)4-3-7(12)10(6)11/h3-4H,2,5,12H2,1H3. The van der Waals surface area contributed by atoms with E-state index in [0.29, 0.717) is 0 Å². The molecule has 0 fully saturated rings. The van der Waals surface area contributed by atoms with Crippen LogP contribution >= 0.6 is 11.6 Å². The van der Waals surface area contributed by atoms with Gasteiger partial charge >= 0.3 is 5.97 Å². The molecule has 2 N–H and O–H groups in total. The summed E-state index contributed by atoms with van der Waals surface area (Å²) in [6.07, 6.45) is -0.270. The van der Waals surface area contributed by atoms with Crippen LogP contribution in [0.15, 0.2) is 12.1 Å². The smallest absolute Gasteiger partial charge is 0.310 e. The van der Waals surface area contributed by atoms with Crippen LogP contribution in [0.2, 0.25) is 5.02 Å². The molecule has 0 heterocycles. The molecule has 6 nitrogen and oxygen atoms in total. The quantitative estimate of drug-likeness (QED) is 0.385. The van der Waals surface area contributed by atoms with E-state index in [4.69, 9.17) is 22.1 Å². The number of benzene rings is 1. The van der Waals surface area contributed by atoms with Crippen molar-refractivity contribution >= 4 is 28.9 Å². The number of nitro groups is 1. The Morgan fingerprint density at radius 2 is 2.24 bits per heavy atom. The Morgan fingerprint density at radius 1 is 1.59 bits per heavy atom. The van der Waals surface area contributed by atoms with E-state index in [1.807, 2.05) is 0 Å². The fraction of sp³-hybridized carbons (Fsp3) is 0.300. The number of rotatable bonds is 4. The highest BCUT2D eigenvalue weighted by atomic mass is 35.5. The fourth-order valence-electron chi connectivity index (χ4n) is 1.32. The van der Waals surface area contributed by atoms with Crippen LogP contribution in [0.3, 0.4) is 0 Å². The third kappa shape index (κ3) is 3.07. The van der Waals surface area contributed by atoms with Crippen molar-refractivity contribution in [2.75, 3.05) is 12.3 Å². The zero-order chi connectivity index (χ0) is 13.0. The highest BCUT2D eigenvalue weighted by Gasteiger charge is 2.21. The number of nitrogens with two attached hydrogens (primary N) is 1. The summed E-state index contributed by atoms with van der Waals surface area (Å²) in [5.74, 6) is -0.580. The van der Waals surface area contributed by atoms with Crippen LogP contribution in [0.25, 0.3) is 0 Å². The van der Waals surface area contributed by atoms with Crippen molar-refractivity contribution in [3.8, 4) is 0 Å². The van der Waals surface area contributed by atoms with Crippen molar-refractivity contribution in [2.24, 2.45) is 0 Å². The Balaban J connectivity index is 3.14. The summed E-state index contributed by atoms with van der Waals surface area (Å²) in [5, 5.41) is 10.8. The maximum atomic E-state index is 11.3. The molecule has 0 aliphatic carbocycles. The summed E-state index contributed by atoms with van der Waals surface area (Å²) in [6, 6.07) is 2.55. The van der Waals surface area contributed by atoms with Gasteiger partial charge in [0.05, 0.1) is 34.2 Å². The van der Waals surface area contributed by atoms with Crippen LogP contribution in [-0.4, -0.2) is 17.5 Å². The van der Waals surface area contributed by atoms with E-state index in [1.165, 1.54) is 12.1 Å². The lowest BCUT2D eigenvalue weighted by Gasteiger charge is -2.07. The molecule has 0 saturated carbocycles. The third-order valence-corrected chi connectivity index (χ3v) is 2.52. The maximum absolute atomic E-state index is 11.3. The highest BCUT2D eigenvalue weighted by Crippen LogP contribution is 2.31. The Hall–Kier alpha value is -1.82. The van der Waals surface area contributed by atoms with Gasteiger partial charge in [-0.2, -0.15) is 0 Å². The summed E-state index contributed by atoms with van der Waals surface area (Å²) >= 11 is 5.85. The Labute approximate surface area is 102 Å². The number of anilines is 1. The Morgan fingerprint density at radius 3 is 2.76 bits per heavy atom. The molecule has 1 aromatic carbocycles. The predicted molar refractivity (Wildman–Crippen MR) is 62.9 cm³/mol. The number of hydrogen-bond acceptors (Lipinski definition) is 5. The van der Waals surface area contributed by atoms with Gasteiger partial charge in [0.15, 0.2) is 0 Å². The van der Waals surface area contributed by atoms with E-state index in [0.717, 1.165) is 0 Å². The maximum Gasteiger partial charge on any atom is 0.310 e. The van der Waals surface area contributed by atoms with E-state index >= 15 is 0 Å². The van der Waals surface area contributed by atoms with E-state index in [1.54, 1.807) is 6.92 Å². The van der Waals surface area contributed by atoms with Gasteiger partial charge in [-0.1, -0.05) is 11.6 Å². The number of hydrogen-bond donors (Lipinski definition) is 1. The van der Waals surface area contributed by atoms with Crippen LogP contribution in [0.5, 0.6) is 0 Å². The van der Waals surface area contributed by atoms with Crippen molar-refractivity contribution in [1.82, 2.24) is 0 Å². The first-order chi connectivity index (χ1) is 7.97. The molecule has 0 aliphatic rings. The minimum Gasteiger partial charge on any atom is -0.466 e. The summed E-state index contributed by atoms with van der Waals surface area (Å²) in [6.45, 7) is 1.85. The van der Waals surface area contributed by atoms with Crippen molar-refractivity contribution in [3.05, 3.63) is 32.8 Å². The number of nitrogen functional groups attached to an aromatic ring is 1. The van der Waals surface area contributed by atoms with E-state index in [-0.39, 0.29) is 35.0 Å². The lowest BCUT2D eigenvalue weighted by atomic mass is 10.1. The average Bonchev–Trinajstić information content (AvgIpc) is 2.25. The molecule has 0 aromatic heterocycles. The number of nitro benzene ring substituents is 1. The zero-order valence-electron chi connectivity index (χ0n) is 9.10. The van der Waals surface area contributed by atoms with E-state index in [9.17, 15) is 14.9 Å². The molecule has 17 heavy (non-hydrogen) atoms. The molecule has 7 heteroatoms. The first kappa shape index (κ1) is 13.2. The minimum atomic E-state index is -0.611. The average molecular weight is 259 g/mol. The molecule has 0 spiro atoms. The molecule has 0 aliphatic heterocycles. The number of carbonyl (C=O) groups is 1. The van der Waals surface area contributed by atoms with Crippen molar-refractivity contribution in [2.45, 2.75) is 13.3 Å². The van der Waals surface area contributed by atoms with Crippen LogP contribution in [0, 0.1) is 10.1 Å². The Bertz CT molecular complexity index is 462. The first-order valence-electron chi connectivity index (χ1n) is 4.84. The van der Waals surface area contributed by atoms with Crippen LogP contribution in [0.1, 0.15) is 12.5 Å². The van der Waals surface area contributed by atoms with Crippen molar-refractivity contribution < 1.29 is 14.5 Å². The molecular weight excluding hydrogens is 248 g/mol. The van der Waals surface area contributed by atoms with Crippen LogP contribution in [0.4, 0.5) is 11.4 Å². The second-order valence-corrected chi connectivity index (χ2v) is 3.58. The fourth-order valence-corrected chi connectivity index (χ4v) is 1.55. The molecule has 1 aromatic rings. The van der Waals surface area contributed by atoms with Gasteiger partial charge in [-0.3, -0.25) is 14.9 Å². The van der Waals surface area contributed by atoms with Gasteiger partial charge in [-0.25, -0.2) is 0 Å². The molecule has 0 bridgehead atoms. The molecule has 0 atom stereocenters. The van der Waals surface area contributed by atoms with Crippen LogP contribution in [-0.2, 0) is 16.0 Å². The van der Waals surface area contributed by atoms with Gasteiger partial charge < -0.3 is 10.5 Å². The number of nitrogens with zero attached hydrogens (tertiary/aromatic N) is 1. The molecule has 1 rings (SSSR count). The number of ether oxygens (including phenoxy) is 1. The first-order valence-corrected chi connectivity index (χ1v) is 5.22. The molecule has 0 amide bonds. The Kier molecular flexibility index (Phi) is 4.28. The van der Waals surface area contributed by atoms with Gasteiger partial charge in [0, 0.05) is 6.07 Å². The SMILES string of the molecule is CCOC(=O)Cc1c([N+](=O)[O-])ccc(N)c1Cl. The van der Waals surface area contributed by atoms with Gasteiger partial charge in [-0.05, 0) is 13.0 Å². The monoisotopic (exact) mass is 258 g/mol. The zero-order valence-corrected chi connectivity index (χ0v) is 9.86. The topological polar surface area (TPSA) is 95.5 Å². The summed E-state index contributed by atoms with van der Waals surface area (Å²) in [7, 11) is 0. The summed E-state index contributed by atoms with van der Waals surface area (Å²) < 4.78 is 4.71. The van der Waals surface area contributed by atoms with Gasteiger partial charge in [0.1, 0.15) is 0 Å². The van der Waals surface area contributed by atoms with Gasteiger partial charge in [-0.15, -0.1) is 0 Å². The second-order valence-electron chi connectivity index (χ2n) is 3.21. The predicted octanol–water partition coefficient (Wildman–Crippen LogP) is 1.94. The lowest BCUT2D eigenvalue weighted by Crippen LogP contribution is -2.10. The molecule has 0 radical (unpaired) electrons. The molecular formula is C10H11ClN2O4. The number of carbonyl (C=O) groups excluding carboxylic acids is 1. The summed E-state index contributed by atoms with van der Waals surface area (Å²) in [5.41, 5.74) is 5.56. The van der Waals surface area contributed by atoms with Crippen molar-refractivity contribution in [3.63, 3.8) is 0 Å². The molecule has 0 saturated heterocycles. The summed E-state index contributed by atoms with van der Waals surface area (Å²) in [4.78, 5) is 21.5. The minimum absolute atomic E-state index is 0.0206. The third-order valence-electron chi connectivity index (χ3n) is 2.07. The normalized spacial score (nSPS) is 10.0. The van der Waals surface area contributed by atoms with E-state index in [2.05, 4.69) is 0 Å². The van der Waals surface area contributed by atoms with Gasteiger partial charge in [0.25, 0.3) is 5.69 Å². The molecule has 92 valence electrons. The second kappa shape index (κ2) is 5.49. The van der Waals surface area contributed by atoms with E-state index < -0.39 is 10.9 Å². The highest BCUT2D eigenvalue weighted by molar-refractivity contribution is 6.34. The van der Waals surface area contributed by atoms with Crippen molar-refractivity contribution in [1.29, 1.82) is 0 Å². The lowest BCUT2D eigenvalue weighted by molar-refractivity contribution is -0.385. The number of esters is 1. The largest absolute Gasteiger partial charge is 0.466 e. The van der Waals surface area contributed by atoms with Crippen LogP contribution < -0.4 is 5.73 Å².